The molecule has 0 radical (unpaired) electrons. The Morgan fingerprint density at radius 2 is 1.71 bits per heavy atom. The van der Waals surface area contributed by atoms with Crippen LogP contribution in [0.15, 0.2) is 24.3 Å². The van der Waals surface area contributed by atoms with Gasteiger partial charge in [-0.2, -0.15) is 4.98 Å². The highest BCUT2D eigenvalue weighted by atomic mass is 16.5. The molecule has 0 bridgehead atoms. The normalized spacial score (nSPS) is 14.4. The highest BCUT2D eigenvalue weighted by Gasteiger charge is 2.14. The topological polar surface area (TPSA) is 59.5 Å². The first kappa shape index (κ1) is 16.4. The lowest BCUT2D eigenvalue weighted by Crippen LogP contribution is -2.30. The monoisotopic (exact) mass is 328 g/mol. The number of hydrogen-bond acceptors (Lipinski definition) is 6. The van der Waals surface area contributed by atoms with Crippen molar-refractivity contribution in [1.82, 2.24) is 9.97 Å². The molecule has 1 fully saturated rings. The molecule has 24 heavy (non-hydrogen) atoms. The van der Waals surface area contributed by atoms with E-state index in [1.165, 1.54) is 19.3 Å². The van der Waals surface area contributed by atoms with Gasteiger partial charge in [0.05, 0.1) is 14.2 Å². The fourth-order valence-electron chi connectivity index (χ4n) is 2.94. The molecule has 0 amide bonds. The average Bonchev–Trinajstić information content (AvgIpc) is 2.62. The zero-order chi connectivity index (χ0) is 16.9. The Hall–Kier alpha value is -2.50. The largest absolute Gasteiger partial charge is 0.493 e. The summed E-state index contributed by atoms with van der Waals surface area (Å²) >= 11 is 0. The first-order chi connectivity index (χ1) is 11.7. The fourth-order valence-corrected chi connectivity index (χ4v) is 2.94. The van der Waals surface area contributed by atoms with Crippen LogP contribution in [-0.2, 0) is 0 Å². The van der Waals surface area contributed by atoms with Gasteiger partial charge in [-0.05, 0) is 38.3 Å². The number of ether oxygens (including phenoxy) is 2. The van der Waals surface area contributed by atoms with Gasteiger partial charge in [0.1, 0.15) is 5.82 Å². The summed E-state index contributed by atoms with van der Waals surface area (Å²) in [5.41, 5.74) is 1.82. The molecule has 0 saturated carbocycles. The molecule has 1 aromatic heterocycles. The van der Waals surface area contributed by atoms with E-state index < -0.39 is 0 Å². The fraction of sp³-hybridized carbons (Fsp3) is 0.444. The van der Waals surface area contributed by atoms with Gasteiger partial charge in [-0.3, -0.25) is 0 Å². The maximum absolute atomic E-state index is 5.34. The Morgan fingerprint density at radius 3 is 2.42 bits per heavy atom. The molecule has 1 saturated heterocycles. The minimum absolute atomic E-state index is 0.600. The molecular formula is C18H24N4O2. The van der Waals surface area contributed by atoms with E-state index in [0.29, 0.717) is 17.4 Å². The van der Waals surface area contributed by atoms with E-state index in [4.69, 9.17) is 9.47 Å². The second kappa shape index (κ2) is 7.38. The van der Waals surface area contributed by atoms with Crippen LogP contribution in [0.1, 0.15) is 25.0 Å². The molecular weight excluding hydrogens is 304 g/mol. The Labute approximate surface area is 142 Å². The third-order valence-electron chi connectivity index (χ3n) is 4.16. The van der Waals surface area contributed by atoms with E-state index in [1.807, 2.05) is 31.2 Å². The molecule has 128 valence electrons. The molecule has 3 rings (SSSR count). The molecule has 1 aromatic carbocycles. The number of nitrogens with zero attached hydrogens (tertiary/aromatic N) is 3. The summed E-state index contributed by atoms with van der Waals surface area (Å²) in [5.74, 6) is 2.96. The van der Waals surface area contributed by atoms with Gasteiger partial charge in [-0.25, -0.2) is 4.98 Å². The quantitative estimate of drug-likeness (QED) is 0.906. The minimum Gasteiger partial charge on any atom is -0.493 e. The zero-order valence-electron chi connectivity index (χ0n) is 14.5. The highest BCUT2D eigenvalue weighted by Crippen LogP contribution is 2.31. The third kappa shape index (κ3) is 3.69. The number of aryl methyl sites for hydroxylation is 1. The predicted octanol–water partition coefficient (Wildman–Crippen LogP) is 3.54. The van der Waals surface area contributed by atoms with Crippen molar-refractivity contribution in [3.8, 4) is 11.5 Å². The predicted molar refractivity (Wildman–Crippen MR) is 95.7 cm³/mol. The smallest absolute Gasteiger partial charge is 0.229 e. The number of piperidine rings is 1. The van der Waals surface area contributed by atoms with Gasteiger partial charge in [0.15, 0.2) is 11.5 Å². The first-order valence-corrected chi connectivity index (χ1v) is 8.29. The van der Waals surface area contributed by atoms with Crippen molar-refractivity contribution in [1.29, 1.82) is 0 Å². The van der Waals surface area contributed by atoms with Gasteiger partial charge in [0, 0.05) is 36.6 Å². The maximum atomic E-state index is 5.34. The second-order valence-electron chi connectivity index (χ2n) is 5.93. The molecule has 0 aliphatic carbocycles. The molecule has 6 nitrogen and oxygen atoms in total. The van der Waals surface area contributed by atoms with Crippen molar-refractivity contribution < 1.29 is 9.47 Å². The van der Waals surface area contributed by atoms with Crippen molar-refractivity contribution in [2.75, 3.05) is 37.5 Å². The van der Waals surface area contributed by atoms with Crippen molar-refractivity contribution in [3.63, 3.8) is 0 Å². The van der Waals surface area contributed by atoms with Crippen LogP contribution in [0.25, 0.3) is 0 Å². The molecule has 2 heterocycles. The van der Waals surface area contributed by atoms with Crippen molar-refractivity contribution >= 4 is 17.5 Å². The Balaban J connectivity index is 1.83. The summed E-state index contributed by atoms with van der Waals surface area (Å²) in [6, 6.07) is 7.71. The zero-order valence-corrected chi connectivity index (χ0v) is 14.5. The van der Waals surface area contributed by atoms with Crippen LogP contribution >= 0.6 is 0 Å². The van der Waals surface area contributed by atoms with Crippen LogP contribution in [0.2, 0.25) is 0 Å². The summed E-state index contributed by atoms with van der Waals surface area (Å²) in [6.07, 6.45) is 3.75. The number of aromatic nitrogens is 2. The maximum Gasteiger partial charge on any atom is 0.229 e. The Kier molecular flexibility index (Phi) is 5.03. The number of anilines is 3. The standard InChI is InChI=1S/C18H24N4O2/c1-13-11-17(22-9-5-4-6-10-22)21-18(19-13)20-14-7-8-15(23-2)16(12-14)24-3/h7-8,11-12H,4-6,9-10H2,1-3H3,(H,19,20,21). The van der Waals surface area contributed by atoms with Gasteiger partial charge in [0.25, 0.3) is 0 Å². The van der Waals surface area contributed by atoms with E-state index in [9.17, 15) is 0 Å². The highest BCUT2D eigenvalue weighted by molar-refractivity contribution is 5.61. The number of rotatable bonds is 5. The minimum atomic E-state index is 0.600. The van der Waals surface area contributed by atoms with Crippen molar-refractivity contribution in [2.45, 2.75) is 26.2 Å². The van der Waals surface area contributed by atoms with Gasteiger partial charge in [0.2, 0.25) is 5.95 Å². The third-order valence-corrected chi connectivity index (χ3v) is 4.16. The molecule has 1 aliphatic rings. The van der Waals surface area contributed by atoms with Crippen LogP contribution in [0, 0.1) is 6.92 Å². The van der Waals surface area contributed by atoms with Crippen LogP contribution in [0.4, 0.5) is 17.5 Å². The van der Waals surface area contributed by atoms with E-state index in [0.717, 1.165) is 30.3 Å². The van der Waals surface area contributed by atoms with Crippen molar-refractivity contribution in [2.24, 2.45) is 0 Å². The van der Waals surface area contributed by atoms with Gasteiger partial charge in [-0.15, -0.1) is 0 Å². The van der Waals surface area contributed by atoms with Crippen molar-refractivity contribution in [3.05, 3.63) is 30.0 Å². The van der Waals surface area contributed by atoms with Crippen LogP contribution < -0.4 is 19.7 Å². The first-order valence-electron chi connectivity index (χ1n) is 8.29. The summed E-state index contributed by atoms with van der Waals surface area (Å²) in [6.45, 7) is 4.12. The van der Waals surface area contributed by atoms with Gasteiger partial charge < -0.3 is 19.7 Å². The number of nitrogens with one attached hydrogen (secondary N) is 1. The molecule has 0 unspecified atom stereocenters. The SMILES string of the molecule is COc1ccc(Nc2nc(C)cc(N3CCCCC3)n2)cc1OC. The van der Waals surface area contributed by atoms with E-state index in [2.05, 4.69) is 20.2 Å². The van der Waals surface area contributed by atoms with E-state index in [1.54, 1.807) is 14.2 Å². The van der Waals surface area contributed by atoms with Crippen LogP contribution in [0.5, 0.6) is 11.5 Å². The molecule has 0 atom stereocenters. The lowest BCUT2D eigenvalue weighted by atomic mass is 10.1. The summed E-state index contributed by atoms with van der Waals surface area (Å²) < 4.78 is 10.6. The number of methoxy groups -OCH3 is 2. The molecule has 1 N–H and O–H groups in total. The summed E-state index contributed by atoms with van der Waals surface area (Å²) in [4.78, 5) is 11.5. The van der Waals surface area contributed by atoms with Crippen LogP contribution in [0.3, 0.4) is 0 Å². The van der Waals surface area contributed by atoms with E-state index >= 15 is 0 Å². The summed E-state index contributed by atoms with van der Waals surface area (Å²) in [5, 5.41) is 3.27. The van der Waals surface area contributed by atoms with Gasteiger partial charge >= 0.3 is 0 Å². The number of benzene rings is 1. The molecule has 2 aromatic rings. The molecule has 0 spiro atoms. The van der Waals surface area contributed by atoms with Crippen LogP contribution in [-0.4, -0.2) is 37.3 Å². The number of hydrogen-bond donors (Lipinski definition) is 1. The summed E-state index contributed by atoms with van der Waals surface area (Å²) in [7, 11) is 3.25. The van der Waals surface area contributed by atoms with Gasteiger partial charge in [-0.1, -0.05) is 0 Å². The second-order valence-corrected chi connectivity index (χ2v) is 5.93. The van der Waals surface area contributed by atoms with E-state index in [-0.39, 0.29) is 0 Å². The molecule has 6 heteroatoms. The Morgan fingerprint density at radius 1 is 0.958 bits per heavy atom. The lowest BCUT2D eigenvalue weighted by molar-refractivity contribution is 0.355. The molecule has 1 aliphatic heterocycles. The average molecular weight is 328 g/mol. The Bertz CT molecular complexity index is 699. The lowest BCUT2D eigenvalue weighted by Gasteiger charge is -2.28.